The van der Waals surface area contributed by atoms with E-state index in [1.165, 1.54) is 18.2 Å². The number of carbonyl (C=O) groups is 1. The van der Waals surface area contributed by atoms with Gasteiger partial charge in [-0.2, -0.15) is 0 Å². The molecule has 1 aliphatic rings. The lowest BCUT2D eigenvalue weighted by molar-refractivity contribution is 0.0504. The van der Waals surface area contributed by atoms with Gasteiger partial charge in [-0.25, -0.2) is 9.78 Å². The molecule has 144 valence electrons. The van der Waals surface area contributed by atoms with Gasteiger partial charge in [0.05, 0.1) is 7.11 Å². The number of nitrogens with zero attached hydrogens (tertiary/aromatic N) is 1. The van der Waals surface area contributed by atoms with Crippen molar-refractivity contribution in [3.63, 3.8) is 0 Å². The Bertz CT molecular complexity index is 779. The van der Waals surface area contributed by atoms with E-state index in [2.05, 4.69) is 16.4 Å². The number of hydrogen-bond donors (Lipinski definition) is 1. The molecule has 0 aliphatic heterocycles. The third-order valence-corrected chi connectivity index (χ3v) is 4.82. The monoisotopic (exact) mass is 370 g/mol. The first-order valence-corrected chi connectivity index (χ1v) is 9.23. The summed E-state index contributed by atoms with van der Waals surface area (Å²) in [6.07, 6.45) is 5.79. The van der Waals surface area contributed by atoms with Crippen molar-refractivity contribution in [2.24, 2.45) is 0 Å². The summed E-state index contributed by atoms with van der Waals surface area (Å²) < 4.78 is 15.4. The number of nitrogens with one attached hydrogen (secondary N) is 1. The van der Waals surface area contributed by atoms with Crippen LogP contribution in [-0.2, 0) is 22.3 Å². The van der Waals surface area contributed by atoms with Crippen LogP contribution in [-0.4, -0.2) is 38.5 Å². The first-order chi connectivity index (χ1) is 13.2. The predicted octanol–water partition coefficient (Wildman–Crippen LogP) is 3.06. The Balaban J connectivity index is 1.63. The third-order valence-electron chi connectivity index (χ3n) is 4.82. The van der Waals surface area contributed by atoms with E-state index < -0.39 is 0 Å². The number of ether oxygens (including phenoxy) is 3. The Morgan fingerprint density at radius 3 is 2.96 bits per heavy atom. The standard InChI is InChI=1S/C21H26N2O4/c1-25-14-27-20-9-4-3-6-15(20)10-11-22-18-8-5-7-16-12-19(21(24)26-2)23-13-17(16)18/h3-4,6,9,12-13,18,22H,5,7-8,10-11,14H2,1-2H3. The van der Waals surface area contributed by atoms with Crippen molar-refractivity contribution >= 4 is 5.97 Å². The van der Waals surface area contributed by atoms with Gasteiger partial charge in [-0.3, -0.25) is 0 Å². The van der Waals surface area contributed by atoms with Crippen LogP contribution in [0.4, 0.5) is 0 Å². The normalized spacial score (nSPS) is 15.9. The van der Waals surface area contributed by atoms with Crippen LogP contribution >= 0.6 is 0 Å². The van der Waals surface area contributed by atoms with Crippen LogP contribution in [0.25, 0.3) is 0 Å². The molecule has 0 saturated carbocycles. The molecule has 1 aromatic heterocycles. The summed E-state index contributed by atoms with van der Waals surface area (Å²) >= 11 is 0. The molecule has 0 bridgehead atoms. The van der Waals surface area contributed by atoms with Crippen LogP contribution in [0, 0.1) is 0 Å². The lowest BCUT2D eigenvalue weighted by Crippen LogP contribution is -2.27. The van der Waals surface area contributed by atoms with Crippen LogP contribution in [0.5, 0.6) is 5.75 Å². The average molecular weight is 370 g/mol. The predicted molar refractivity (Wildman–Crippen MR) is 102 cm³/mol. The molecule has 27 heavy (non-hydrogen) atoms. The number of esters is 1. The number of methoxy groups -OCH3 is 2. The number of aromatic nitrogens is 1. The van der Waals surface area contributed by atoms with E-state index in [4.69, 9.17) is 14.2 Å². The second-order valence-corrected chi connectivity index (χ2v) is 6.57. The molecule has 0 radical (unpaired) electrons. The topological polar surface area (TPSA) is 69.7 Å². The summed E-state index contributed by atoms with van der Waals surface area (Å²) in [5.74, 6) is 0.468. The number of fused-ring (bicyclic) bond motifs is 1. The maximum Gasteiger partial charge on any atom is 0.356 e. The molecule has 0 saturated heterocycles. The molecule has 2 aromatic rings. The minimum atomic E-state index is -0.388. The molecule has 1 unspecified atom stereocenters. The highest BCUT2D eigenvalue weighted by Gasteiger charge is 2.22. The van der Waals surface area contributed by atoms with E-state index in [0.717, 1.165) is 43.5 Å². The van der Waals surface area contributed by atoms with Gasteiger partial charge in [0.1, 0.15) is 11.4 Å². The first kappa shape index (κ1) is 19.3. The molecule has 1 heterocycles. The number of rotatable bonds is 8. The van der Waals surface area contributed by atoms with Gasteiger partial charge in [-0.05, 0) is 61.1 Å². The van der Waals surface area contributed by atoms with Gasteiger partial charge in [0.25, 0.3) is 0 Å². The Morgan fingerprint density at radius 2 is 2.15 bits per heavy atom. The highest BCUT2D eigenvalue weighted by atomic mass is 16.7. The summed E-state index contributed by atoms with van der Waals surface area (Å²) in [6.45, 7) is 1.07. The van der Waals surface area contributed by atoms with E-state index >= 15 is 0 Å². The van der Waals surface area contributed by atoms with Crippen LogP contribution in [0.1, 0.15) is 46.1 Å². The minimum absolute atomic E-state index is 0.245. The van der Waals surface area contributed by atoms with E-state index in [1.54, 1.807) is 7.11 Å². The lowest BCUT2D eigenvalue weighted by atomic mass is 9.88. The van der Waals surface area contributed by atoms with Crippen molar-refractivity contribution in [1.82, 2.24) is 10.3 Å². The van der Waals surface area contributed by atoms with Gasteiger partial charge in [-0.1, -0.05) is 18.2 Å². The molecule has 0 amide bonds. The van der Waals surface area contributed by atoms with E-state index in [9.17, 15) is 4.79 Å². The van der Waals surface area contributed by atoms with Crippen molar-refractivity contribution in [3.8, 4) is 5.75 Å². The number of hydrogen-bond acceptors (Lipinski definition) is 6. The minimum Gasteiger partial charge on any atom is -0.467 e. The van der Waals surface area contributed by atoms with E-state index in [0.29, 0.717) is 5.69 Å². The largest absolute Gasteiger partial charge is 0.467 e. The average Bonchev–Trinajstić information content (AvgIpc) is 2.72. The molecule has 1 atom stereocenters. The smallest absolute Gasteiger partial charge is 0.356 e. The van der Waals surface area contributed by atoms with Crippen molar-refractivity contribution in [2.45, 2.75) is 31.7 Å². The zero-order chi connectivity index (χ0) is 19.1. The summed E-state index contributed by atoms with van der Waals surface area (Å²) in [5, 5.41) is 3.63. The first-order valence-electron chi connectivity index (χ1n) is 9.23. The van der Waals surface area contributed by atoms with E-state index in [1.807, 2.05) is 30.5 Å². The maximum atomic E-state index is 11.7. The molecular formula is C21H26N2O4. The number of para-hydroxylation sites is 1. The maximum absolute atomic E-state index is 11.7. The van der Waals surface area contributed by atoms with Gasteiger partial charge in [0, 0.05) is 19.3 Å². The van der Waals surface area contributed by atoms with Crippen molar-refractivity contribution in [2.75, 3.05) is 27.6 Å². The quantitative estimate of drug-likeness (QED) is 0.569. The Labute approximate surface area is 159 Å². The van der Waals surface area contributed by atoms with Gasteiger partial charge in [0.15, 0.2) is 6.79 Å². The summed E-state index contributed by atoms with van der Waals surface area (Å²) in [6, 6.07) is 10.1. The summed E-state index contributed by atoms with van der Waals surface area (Å²) in [5.41, 5.74) is 3.88. The van der Waals surface area contributed by atoms with Gasteiger partial charge >= 0.3 is 5.97 Å². The molecule has 1 aromatic carbocycles. The number of benzene rings is 1. The van der Waals surface area contributed by atoms with Gasteiger partial charge in [-0.15, -0.1) is 0 Å². The zero-order valence-electron chi connectivity index (χ0n) is 15.9. The fourth-order valence-electron chi connectivity index (χ4n) is 3.47. The van der Waals surface area contributed by atoms with Crippen LogP contribution in [0.15, 0.2) is 36.5 Å². The molecule has 6 nitrogen and oxygen atoms in total. The highest BCUT2D eigenvalue weighted by molar-refractivity contribution is 5.87. The molecule has 1 N–H and O–H groups in total. The van der Waals surface area contributed by atoms with Gasteiger partial charge in [0.2, 0.25) is 0 Å². The molecule has 0 fully saturated rings. The number of carbonyl (C=O) groups excluding carboxylic acids is 1. The van der Waals surface area contributed by atoms with Crippen molar-refractivity contribution < 1.29 is 19.0 Å². The summed E-state index contributed by atoms with van der Waals surface area (Å²) in [4.78, 5) is 16.0. The fraction of sp³-hybridized carbons (Fsp3) is 0.429. The second kappa shape index (κ2) is 9.48. The zero-order valence-corrected chi connectivity index (χ0v) is 15.9. The molecule has 1 aliphatic carbocycles. The number of aryl methyl sites for hydroxylation is 1. The van der Waals surface area contributed by atoms with Crippen LogP contribution in [0.3, 0.4) is 0 Å². The Hall–Kier alpha value is -2.44. The van der Waals surface area contributed by atoms with Crippen molar-refractivity contribution in [1.29, 1.82) is 0 Å². The van der Waals surface area contributed by atoms with Gasteiger partial charge < -0.3 is 19.5 Å². The molecular weight excluding hydrogens is 344 g/mol. The van der Waals surface area contributed by atoms with Crippen LogP contribution < -0.4 is 10.1 Å². The Kier molecular flexibility index (Phi) is 6.79. The second-order valence-electron chi connectivity index (χ2n) is 6.57. The third kappa shape index (κ3) is 4.84. The lowest BCUT2D eigenvalue weighted by Gasteiger charge is -2.26. The number of pyridine rings is 1. The van der Waals surface area contributed by atoms with Crippen molar-refractivity contribution in [3.05, 3.63) is 58.9 Å². The summed E-state index contributed by atoms with van der Waals surface area (Å²) in [7, 11) is 2.99. The molecule has 6 heteroatoms. The van der Waals surface area contributed by atoms with E-state index in [-0.39, 0.29) is 18.8 Å². The Morgan fingerprint density at radius 1 is 1.30 bits per heavy atom. The highest BCUT2D eigenvalue weighted by Crippen LogP contribution is 2.30. The fourth-order valence-corrected chi connectivity index (χ4v) is 3.47. The van der Waals surface area contributed by atoms with Crippen LogP contribution in [0.2, 0.25) is 0 Å². The molecule has 3 rings (SSSR count). The molecule has 0 spiro atoms. The SMILES string of the molecule is COCOc1ccccc1CCNC1CCCc2cc(C(=O)OC)ncc21.